The van der Waals surface area contributed by atoms with Gasteiger partial charge < -0.3 is 10.2 Å². The minimum atomic E-state index is 0.477. The van der Waals surface area contributed by atoms with Crippen molar-refractivity contribution in [1.82, 2.24) is 5.32 Å². The third-order valence-electron chi connectivity index (χ3n) is 3.42. The molecule has 0 radical (unpaired) electrons. The van der Waals surface area contributed by atoms with Crippen molar-refractivity contribution in [3.8, 4) is 0 Å². The van der Waals surface area contributed by atoms with Crippen LogP contribution in [-0.4, -0.2) is 18.6 Å². The largest absolute Gasteiger partial charge is 0.369 e. The molecule has 0 unspecified atom stereocenters. The molecule has 0 amide bonds. The Kier molecular flexibility index (Phi) is 4.52. The van der Waals surface area contributed by atoms with E-state index in [4.69, 9.17) is 11.6 Å². The standard InChI is InChI=1S/C15H23ClN2/c1-4-18(12-8-9-12)15-7-5-6-14(16)13(15)10-17-11(2)3/h5-7,11-12,17H,4,8-10H2,1-3H3. The molecule has 1 fully saturated rings. The second-order valence-corrected chi connectivity index (χ2v) is 5.70. The summed E-state index contributed by atoms with van der Waals surface area (Å²) in [6.07, 6.45) is 2.63. The Morgan fingerprint density at radius 2 is 2.11 bits per heavy atom. The summed E-state index contributed by atoms with van der Waals surface area (Å²) in [5.41, 5.74) is 2.54. The first-order valence-corrected chi connectivity index (χ1v) is 7.28. The van der Waals surface area contributed by atoms with Crippen molar-refractivity contribution in [2.45, 2.75) is 52.2 Å². The fraction of sp³-hybridized carbons (Fsp3) is 0.600. The van der Waals surface area contributed by atoms with Gasteiger partial charge in [-0.05, 0) is 31.9 Å². The molecule has 0 bridgehead atoms. The number of nitrogens with one attached hydrogen (secondary N) is 1. The average Bonchev–Trinajstić information content (AvgIpc) is 3.13. The first kappa shape index (κ1) is 13.7. The maximum absolute atomic E-state index is 6.37. The summed E-state index contributed by atoms with van der Waals surface area (Å²) in [5, 5.41) is 4.34. The van der Waals surface area contributed by atoms with Crippen LogP contribution in [0.15, 0.2) is 18.2 Å². The highest BCUT2D eigenvalue weighted by Crippen LogP contribution is 2.35. The SMILES string of the molecule is CCN(c1cccc(Cl)c1CNC(C)C)C1CC1. The van der Waals surface area contributed by atoms with Crippen LogP contribution in [-0.2, 0) is 6.54 Å². The highest BCUT2D eigenvalue weighted by atomic mass is 35.5. The van der Waals surface area contributed by atoms with E-state index in [1.807, 2.05) is 6.07 Å². The van der Waals surface area contributed by atoms with Gasteiger partial charge >= 0.3 is 0 Å². The van der Waals surface area contributed by atoms with Crippen molar-refractivity contribution in [3.05, 3.63) is 28.8 Å². The average molecular weight is 267 g/mol. The molecule has 1 aliphatic rings. The molecular formula is C15H23ClN2. The van der Waals surface area contributed by atoms with Crippen molar-refractivity contribution in [3.63, 3.8) is 0 Å². The zero-order valence-electron chi connectivity index (χ0n) is 11.5. The number of anilines is 1. The summed E-state index contributed by atoms with van der Waals surface area (Å²) >= 11 is 6.37. The van der Waals surface area contributed by atoms with Crippen LogP contribution in [0.2, 0.25) is 5.02 Å². The molecule has 0 aliphatic heterocycles. The van der Waals surface area contributed by atoms with E-state index in [2.05, 4.69) is 43.1 Å². The van der Waals surface area contributed by atoms with Crippen molar-refractivity contribution < 1.29 is 0 Å². The molecule has 1 N–H and O–H groups in total. The van der Waals surface area contributed by atoms with Gasteiger partial charge in [-0.1, -0.05) is 31.5 Å². The molecule has 1 aromatic carbocycles. The van der Waals surface area contributed by atoms with Crippen LogP contribution in [0.4, 0.5) is 5.69 Å². The van der Waals surface area contributed by atoms with Gasteiger partial charge in [0.25, 0.3) is 0 Å². The first-order chi connectivity index (χ1) is 8.63. The van der Waals surface area contributed by atoms with Crippen LogP contribution in [0.25, 0.3) is 0 Å². The minimum absolute atomic E-state index is 0.477. The predicted molar refractivity (Wildman–Crippen MR) is 79.5 cm³/mol. The van der Waals surface area contributed by atoms with Gasteiger partial charge in [-0.25, -0.2) is 0 Å². The minimum Gasteiger partial charge on any atom is -0.369 e. The highest BCUT2D eigenvalue weighted by molar-refractivity contribution is 6.31. The van der Waals surface area contributed by atoms with Crippen LogP contribution >= 0.6 is 11.6 Å². The van der Waals surface area contributed by atoms with Gasteiger partial charge in [0.05, 0.1) is 0 Å². The summed E-state index contributed by atoms with van der Waals surface area (Å²) in [7, 11) is 0. The Bertz CT molecular complexity index is 399. The van der Waals surface area contributed by atoms with E-state index in [1.54, 1.807) is 0 Å². The molecule has 2 nitrogen and oxygen atoms in total. The topological polar surface area (TPSA) is 15.3 Å². The van der Waals surface area contributed by atoms with E-state index in [0.29, 0.717) is 6.04 Å². The van der Waals surface area contributed by atoms with E-state index in [0.717, 1.165) is 24.2 Å². The molecule has 100 valence electrons. The summed E-state index contributed by atoms with van der Waals surface area (Å²) in [6, 6.07) is 7.45. The van der Waals surface area contributed by atoms with Gasteiger partial charge in [0.1, 0.15) is 0 Å². The molecular weight excluding hydrogens is 244 g/mol. The Hall–Kier alpha value is -0.730. The monoisotopic (exact) mass is 266 g/mol. The lowest BCUT2D eigenvalue weighted by Crippen LogP contribution is -2.28. The van der Waals surface area contributed by atoms with Crippen molar-refractivity contribution in [2.24, 2.45) is 0 Å². The molecule has 1 saturated carbocycles. The maximum atomic E-state index is 6.37. The molecule has 0 spiro atoms. The lowest BCUT2D eigenvalue weighted by molar-refractivity contribution is 0.588. The lowest BCUT2D eigenvalue weighted by atomic mass is 10.1. The van der Waals surface area contributed by atoms with Crippen LogP contribution in [0.3, 0.4) is 0 Å². The second kappa shape index (κ2) is 5.94. The van der Waals surface area contributed by atoms with Gasteiger partial charge in [-0.2, -0.15) is 0 Å². The third-order valence-corrected chi connectivity index (χ3v) is 3.77. The maximum Gasteiger partial charge on any atom is 0.0471 e. The van der Waals surface area contributed by atoms with Gasteiger partial charge in [-0.3, -0.25) is 0 Å². The van der Waals surface area contributed by atoms with Gasteiger partial charge in [0, 0.05) is 41.4 Å². The van der Waals surface area contributed by atoms with Gasteiger partial charge in [0.15, 0.2) is 0 Å². The number of nitrogens with zero attached hydrogens (tertiary/aromatic N) is 1. The molecule has 18 heavy (non-hydrogen) atoms. The van der Waals surface area contributed by atoms with E-state index in [-0.39, 0.29) is 0 Å². The zero-order valence-corrected chi connectivity index (χ0v) is 12.3. The summed E-state index contributed by atoms with van der Waals surface area (Å²) in [5.74, 6) is 0. The Balaban J connectivity index is 2.24. The number of benzene rings is 1. The summed E-state index contributed by atoms with van der Waals surface area (Å²) < 4.78 is 0. The van der Waals surface area contributed by atoms with Crippen molar-refractivity contribution in [1.29, 1.82) is 0 Å². The number of rotatable bonds is 6. The molecule has 1 aliphatic carbocycles. The highest BCUT2D eigenvalue weighted by Gasteiger charge is 2.29. The Morgan fingerprint density at radius 3 is 2.67 bits per heavy atom. The zero-order chi connectivity index (χ0) is 13.1. The van der Waals surface area contributed by atoms with E-state index in [1.165, 1.54) is 24.1 Å². The normalized spacial score (nSPS) is 15.2. The number of halogens is 1. The summed E-state index contributed by atoms with van der Waals surface area (Å²) in [4.78, 5) is 2.49. The van der Waals surface area contributed by atoms with E-state index >= 15 is 0 Å². The van der Waals surface area contributed by atoms with E-state index in [9.17, 15) is 0 Å². The number of hydrogen-bond donors (Lipinski definition) is 1. The molecule has 0 saturated heterocycles. The van der Waals surface area contributed by atoms with Gasteiger partial charge in [0.2, 0.25) is 0 Å². The van der Waals surface area contributed by atoms with E-state index < -0.39 is 0 Å². The van der Waals surface area contributed by atoms with Crippen LogP contribution in [0.5, 0.6) is 0 Å². The molecule has 3 heteroatoms. The molecule has 0 atom stereocenters. The summed E-state index contributed by atoms with van der Waals surface area (Å²) in [6.45, 7) is 8.44. The van der Waals surface area contributed by atoms with Crippen LogP contribution in [0, 0.1) is 0 Å². The molecule has 1 aromatic rings. The fourth-order valence-electron chi connectivity index (χ4n) is 2.31. The molecule has 0 heterocycles. The van der Waals surface area contributed by atoms with Crippen LogP contribution < -0.4 is 10.2 Å². The molecule has 2 rings (SSSR count). The molecule has 0 aromatic heterocycles. The quantitative estimate of drug-likeness (QED) is 0.842. The van der Waals surface area contributed by atoms with Crippen LogP contribution in [0.1, 0.15) is 39.2 Å². The van der Waals surface area contributed by atoms with Gasteiger partial charge in [-0.15, -0.1) is 0 Å². The van der Waals surface area contributed by atoms with Crippen molar-refractivity contribution in [2.75, 3.05) is 11.4 Å². The Morgan fingerprint density at radius 1 is 1.39 bits per heavy atom. The number of hydrogen-bond acceptors (Lipinski definition) is 2. The smallest absolute Gasteiger partial charge is 0.0471 e. The fourth-order valence-corrected chi connectivity index (χ4v) is 2.55. The lowest BCUT2D eigenvalue weighted by Gasteiger charge is -2.26. The Labute approximate surface area is 115 Å². The first-order valence-electron chi connectivity index (χ1n) is 6.91. The third kappa shape index (κ3) is 3.18. The van der Waals surface area contributed by atoms with Crippen molar-refractivity contribution >= 4 is 17.3 Å². The second-order valence-electron chi connectivity index (χ2n) is 5.29. The predicted octanol–water partition coefficient (Wildman–Crippen LogP) is 3.83.